The van der Waals surface area contributed by atoms with Crippen LogP contribution in [-0.2, 0) is 6.54 Å². The molecule has 0 N–H and O–H groups in total. The van der Waals surface area contributed by atoms with Crippen molar-refractivity contribution in [1.82, 2.24) is 15.0 Å². The molecular weight excluding hydrogens is 675 g/mol. The lowest BCUT2D eigenvalue weighted by Crippen LogP contribution is -2.09. The van der Waals surface area contributed by atoms with Gasteiger partial charge in [0.15, 0.2) is 0 Å². The highest BCUT2D eigenvalue weighted by Gasteiger charge is 2.26. The van der Waals surface area contributed by atoms with Crippen molar-refractivity contribution >= 4 is 70.0 Å². The van der Waals surface area contributed by atoms with E-state index in [2.05, 4.69) is 193 Å². The lowest BCUT2D eigenvalue weighted by molar-refractivity contribution is 0.442. The topological polar surface area (TPSA) is 61.9 Å². The number of hydrogen-bond donors (Lipinski definition) is 0. The maximum absolute atomic E-state index is 5.11. The standard InChI is InChI=1S/C48H41N7/c1-34(2)33-53-51-47-43(35-25-29-41(30-26-35)54(37-17-9-5-10-18-37)38-19-11-6-12-20-38)45(49-3)46(50-4)44(48(47)52-53)36-27-31-42(32-28-36)55(39-21-13-7-14-22-39)40-23-15-8-16-24-40/h5-32,34H,3-4,33H2,1-2H3. The molecule has 0 fully saturated rings. The van der Waals surface area contributed by atoms with Crippen molar-refractivity contribution in [2.75, 3.05) is 9.80 Å². The highest BCUT2D eigenvalue weighted by molar-refractivity contribution is 6.12. The summed E-state index contributed by atoms with van der Waals surface area (Å²) in [5.41, 5.74) is 12.5. The van der Waals surface area contributed by atoms with Crippen LogP contribution in [0.2, 0.25) is 0 Å². The van der Waals surface area contributed by atoms with Gasteiger partial charge in [-0.1, -0.05) is 111 Å². The van der Waals surface area contributed by atoms with Crippen molar-refractivity contribution in [3.8, 4) is 22.3 Å². The van der Waals surface area contributed by atoms with Gasteiger partial charge in [-0.3, -0.25) is 9.98 Å². The Hall–Kier alpha value is -7.12. The quantitative estimate of drug-likeness (QED) is 0.118. The van der Waals surface area contributed by atoms with Gasteiger partial charge in [0, 0.05) is 45.3 Å². The van der Waals surface area contributed by atoms with E-state index in [0.717, 1.165) is 67.4 Å². The summed E-state index contributed by atoms with van der Waals surface area (Å²) in [4.78, 5) is 15.5. The fourth-order valence-electron chi connectivity index (χ4n) is 7.17. The van der Waals surface area contributed by atoms with Gasteiger partial charge in [0.05, 0.1) is 17.9 Å². The summed E-state index contributed by atoms with van der Waals surface area (Å²) in [6, 6.07) is 58.5. The fraction of sp³-hybridized carbons (Fsp3) is 0.0833. The summed E-state index contributed by atoms with van der Waals surface area (Å²) >= 11 is 0. The fourth-order valence-corrected chi connectivity index (χ4v) is 7.17. The number of rotatable bonds is 12. The summed E-state index contributed by atoms with van der Waals surface area (Å²) in [5.74, 6) is 0.338. The number of anilines is 6. The first-order chi connectivity index (χ1) is 27.0. The normalized spacial score (nSPS) is 11.1. The third kappa shape index (κ3) is 6.91. The molecule has 0 aliphatic carbocycles. The van der Waals surface area contributed by atoms with E-state index in [1.807, 2.05) is 24.3 Å². The monoisotopic (exact) mass is 715 g/mol. The second-order valence-corrected chi connectivity index (χ2v) is 13.7. The van der Waals surface area contributed by atoms with Gasteiger partial charge in [-0.15, -0.1) is 0 Å². The smallest absolute Gasteiger partial charge is 0.124 e. The predicted octanol–water partition coefficient (Wildman–Crippen LogP) is 13.0. The van der Waals surface area contributed by atoms with Gasteiger partial charge in [-0.05, 0) is 103 Å². The lowest BCUT2D eigenvalue weighted by Gasteiger charge is -2.26. The molecule has 0 radical (unpaired) electrons. The van der Waals surface area contributed by atoms with Crippen LogP contribution in [0, 0.1) is 5.92 Å². The third-order valence-corrected chi connectivity index (χ3v) is 9.56. The summed E-state index contributed by atoms with van der Waals surface area (Å²) in [6.07, 6.45) is 0. The Morgan fingerprint density at radius 2 is 0.745 bits per heavy atom. The zero-order valence-electron chi connectivity index (χ0n) is 31.0. The van der Waals surface area contributed by atoms with E-state index in [1.54, 1.807) is 4.80 Å². The van der Waals surface area contributed by atoms with Crippen LogP contribution in [0.25, 0.3) is 33.3 Å². The highest BCUT2D eigenvalue weighted by Crippen LogP contribution is 2.50. The van der Waals surface area contributed by atoms with Crippen LogP contribution >= 0.6 is 0 Å². The molecule has 55 heavy (non-hydrogen) atoms. The summed E-state index contributed by atoms with van der Waals surface area (Å²) in [6.45, 7) is 13.1. The van der Waals surface area contributed by atoms with E-state index in [9.17, 15) is 0 Å². The van der Waals surface area contributed by atoms with E-state index in [4.69, 9.17) is 10.2 Å². The number of aromatic nitrogens is 3. The molecule has 1 aromatic heterocycles. The molecular formula is C48H41N7. The Balaban J connectivity index is 1.27. The molecule has 0 saturated carbocycles. The molecule has 0 bridgehead atoms. The molecule has 8 rings (SSSR count). The number of nitrogens with zero attached hydrogens (tertiary/aromatic N) is 7. The van der Waals surface area contributed by atoms with Crippen LogP contribution in [0.15, 0.2) is 180 Å². The van der Waals surface area contributed by atoms with Crippen molar-refractivity contribution < 1.29 is 0 Å². The predicted molar refractivity (Wildman–Crippen MR) is 231 cm³/mol. The average Bonchev–Trinajstić information content (AvgIpc) is 3.64. The van der Waals surface area contributed by atoms with Gasteiger partial charge in [-0.25, -0.2) is 0 Å². The molecule has 268 valence electrons. The number of benzene rings is 7. The lowest BCUT2D eigenvalue weighted by atomic mass is 9.93. The summed E-state index contributed by atoms with van der Waals surface area (Å²) in [7, 11) is 0. The molecule has 7 heteroatoms. The van der Waals surface area contributed by atoms with Crippen molar-refractivity contribution in [3.63, 3.8) is 0 Å². The van der Waals surface area contributed by atoms with Crippen LogP contribution < -0.4 is 9.80 Å². The van der Waals surface area contributed by atoms with Gasteiger partial charge in [0.1, 0.15) is 11.0 Å². The van der Waals surface area contributed by atoms with E-state index >= 15 is 0 Å². The van der Waals surface area contributed by atoms with Crippen LogP contribution in [0.5, 0.6) is 0 Å². The van der Waals surface area contributed by atoms with E-state index in [0.29, 0.717) is 23.8 Å². The molecule has 0 atom stereocenters. The zero-order chi connectivity index (χ0) is 37.7. The Labute approximate surface area is 322 Å². The molecule has 1 heterocycles. The van der Waals surface area contributed by atoms with Crippen LogP contribution in [0.1, 0.15) is 13.8 Å². The molecule has 7 aromatic carbocycles. The highest BCUT2D eigenvalue weighted by atomic mass is 15.5. The SMILES string of the molecule is C=Nc1c(N=C)c(-c2ccc(N(c3ccccc3)c3ccccc3)cc2)c2nn(CC(C)C)nc2c1-c1ccc(N(c2ccccc2)c2ccccc2)cc1. The van der Waals surface area contributed by atoms with Crippen molar-refractivity contribution in [2.24, 2.45) is 15.9 Å². The summed E-state index contributed by atoms with van der Waals surface area (Å²) < 4.78 is 0. The minimum Gasteiger partial charge on any atom is -0.311 e. The second kappa shape index (κ2) is 15.5. The maximum atomic E-state index is 5.11. The molecule has 7 nitrogen and oxygen atoms in total. The molecule has 0 aliphatic heterocycles. The molecule has 8 aromatic rings. The molecule has 0 unspecified atom stereocenters. The number of fused-ring (bicyclic) bond motifs is 1. The molecule has 0 spiro atoms. The first-order valence-corrected chi connectivity index (χ1v) is 18.4. The van der Waals surface area contributed by atoms with Crippen molar-refractivity contribution in [3.05, 3.63) is 170 Å². The van der Waals surface area contributed by atoms with Gasteiger partial charge in [-0.2, -0.15) is 15.0 Å². The minimum absolute atomic E-state index is 0.338. The Morgan fingerprint density at radius 1 is 0.455 bits per heavy atom. The summed E-state index contributed by atoms with van der Waals surface area (Å²) in [5, 5.41) is 10.2. The minimum atomic E-state index is 0.338. The first-order valence-electron chi connectivity index (χ1n) is 18.4. The van der Waals surface area contributed by atoms with Crippen LogP contribution in [-0.4, -0.2) is 28.4 Å². The zero-order valence-corrected chi connectivity index (χ0v) is 31.0. The van der Waals surface area contributed by atoms with E-state index < -0.39 is 0 Å². The van der Waals surface area contributed by atoms with E-state index in [1.165, 1.54) is 0 Å². The molecule has 0 aliphatic rings. The third-order valence-electron chi connectivity index (χ3n) is 9.56. The Morgan fingerprint density at radius 3 is 1.02 bits per heavy atom. The second-order valence-electron chi connectivity index (χ2n) is 13.7. The van der Waals surface area contributed by atoms with Crippen LogP contribution in [0.3, 0.4) is 0 Å². The van der Waals surface area contributed by atoms with Gasteiger partial charge < -0.3 is 9.80 Å². The number of hydrogen-bond acceptors (Lipinski definition) is 6. The Kier molecular flexibility index (Phi) is 9.82. The maximum Gasteiger partial charge on any atom is 0.124 e. The number of para-hydroxylation sites is 4. The number of aliphatic imine (C=N–C) groups is 2. The largest absolute Gasteiger partial charge is 0.311 e. The van der Waals surface area contributed by atoms with E-state index in [-0.39, 0.29) is 0 Å². The van der Waals surface area contributed by atoms with Gasteiger partial charge in [0.25, 0.3) is 0 Å². The van der Waals surface area contributed by atoms with Crippen molar-refractivity contribution in [2.45, 2.75) is 20.4 Å². The van der Waals surface area contributed by atoms with Gasteiger partial charge >= 0.3 is 0 Å². The average molecular weight is 716 g/mol. The molecule has 0 saturated heterocycles. The van der Waals surface area contributed by atoms with Crippen molar-refractivity contribution in [1.29, 1.82) is 0 Å². The first kappa shape index (κ1) is 34.9. The van der Waals surface area contributed by atoms with Crippen LogP contribution in [0.4, 0.5) is 45.5 Å². The van der Waals surface area contributed by atoms with Gasteiger partial charge in [0.2, 0.25) is 0 Å². The Bertz CT molecular complexity index is 2290. The molecule has 0 amide bonds.